The van der Waals surface area contributed by atoms with E-state index in [1.807, 2.05) is 0 Å². The molecule has 0 aliphatic carbocycles. The minimum absolute atomic E-state index is 0.243. The third-order valence-electron chi connectivity index (χ3n) is 2.55. The lowest BCUT2D eigenvalue weighted by Crippen LogP contribution is -2.44. The number of aliphatic hydroxyl groups is 1. The van der Waals surface area contributed by atoms with E-state index < -0.39 is 6.10 Å². The predicted molar refractivity (Wildman–Crippen MR) is 57.1 cm³/mol. The highest BCUT2D eigenvalue weighted by atomic mass is 16.5. The Balaban J connectivity index is 1.92. The van der Waals surface area contributed by atoms with Gasteiger partial charge in [0.2, 0.25) is 0 Å². The lowest BCUT2D eigenvalue weighted by Gasteiger charge is -2.29. The lowest BCUT2D eigenvalue weighted by atomic mass is 10.1. The van der Waals surface area contributed by atoms with Gasteiger partial charge in [0.1, 0.15) is 5.76 Å². The maximum atomic E-state index is 11.7. The molecule has 0 unspecified atom stereocenters. The molecular formula is C10H15N3O3. The van der Waals surface area contributed by atoms with Crippen molar-refractivity contribution in [2.75, 3.05) is 18.4 Å². The van der Waals surface area contributed by atoms with Crippen molar-refractivity contribution in [3.8, 4) is 0 Å². The molecule has 2 amide bonds. The van der Waals surface area contributed by atoms with E-state index >= 15 is 0 Å². The number of aliphatic hydroxyl groups excluding tert-OH is 1. The van der Waals surface area contributed by atoms with Gasteiger partial charge in [0.15, 0.2) is 5.82 Å². The van der Waals surface area contributed by atoms with Crippen LogP contribution in [0, 0.1) is 6.92 Å². The van der Waals surface area contributed by atoms with Gasteiger partial charge in [0, 0.05) is 19.2 Å². The van der Waals surface area contributed by atoms with Crippen LogP contribution >= 0.6 is 0 Å². The highest BCUT2D eigenvalue weighted by Crippen LogP contribution is 2.12. The summed E-state index contributed by atoms with van der Waals surface area (Å²) in [6.07, 6.45) is 1.16. The number of likely N-dealkylation sites (tertiary alicyclic amines) is 1. The zero-order valence-electron chi connectivity index (χ0n) is 9.14. The number of piperidine rings is 1. The van der Waals surface area contributed by atoms with Crippen molar-refractivity contribution in [1.82, 2.24) is 10.1 Å². The maximum Gasteiger partial charge on any atom is 0.323 e. The fourth-order valence-electron chi connectivity index (χ4n) is 1.75. The van der Waals surface area contributed by atoms with Crippen molar-refractivity contribution in [1.29, 1.82) is 0 Å². The zero-order valence-corrected chi connectivity index (χ0v) is 9.14. The van der Waals surface area contributed by atoms with Gasteiger partial charge in [-0.15, -0.1) is 0 Å². The average molecular weight is 225 g/mol. The van der Waals surface area contributed by atoms with E-state index in [1.54, 1.807) is 17.9 Å². The molecule has 0 bridgehead atoms. The Morgan fingerprint density at radius 3 is 3.19 bits per heavy atom. The number of hydrogen-bond acceptors (Lipinski definition) is 4. The van der Waals surface area contributed by atoms with Gasteiger partial charge < -0.3 is 14.5 Å². The second-order valence-electron chi connectivity index (χ2n) is 4.00. The second-order valence-corrected chi connectivity index (χ2v) is 4.00. The minimum atomic E-state index is -0.418. The molecule has 1 aromatic heterocycles. The maximum absolute atomic E-state index is 11.7. The van der Waals surface area contributed by atoms with Crippen LogP contribution in [0.1, 0.15) is 18.6 Å². The van der Waals surface area contributed by atoms with E-state index in [0.717, 1.165) is 12.8 Å². The van der Waals surface area contributed by atoms with Crippen molar-refractivity contribution in [2.24, 2.45) is 0 Å². The molecule has 0 spiro atoms. The van der Waals surface area contributed by atoms with Crippen LogP contribution in [0.2, 0.25) is 0 Å². The molecule has 2 heterocycles. The molecule has 88 valence electrons. The first-order chi connectivity index (χ1) is 7.65. The average Bonchev–Trinajstić information content (AvgIpc) is 2.64. The van der Waals surface area contributed by atoms with Crippen LogP contribution < -0.4 is 5.32 Å². The largest absolute Gasteiger partial charge is 0.391 e. The topological polar surface area (TPSA) is 78.6 Å². The summed E-state index contributed by atoms with van der Waals surface area (Å²) in [4.78, 5) is 13.3. The Labute approximate surface area is 93.2 Å². The number of urea groups is 1. The van der Waals surface area contributed by atoms with Crippen molar-refractivity contribution < 1.29 is 14.4 Å². The molecule has 0 saturated carbocycles. The molecule has 1 aliphatic heterocycles. The molecule has 6 nitrogen and oxygen atoms in total. The minimum Gasteiger partial charge on any atom is -0.391 e. The van der Waals surface area contributed by atoms with Crippen molar-refractivity contribution >= 4 is 11.8 Å². The quantitative estimate of drug-likeness (QED) is 0.746. The van der Waals surface area contributed by atoms with E-state index in [-0.39, 0.29) is 6.03 Å². The Morgan fingerprint density at radius 1 is 1.75 bits per heavy atom. The Morgan fingerprint density at radius 2 is 2.56 bits per heavy atom. The summed E-state index contributed by atoms with van der Waals surface area (Å²) in [6.45, 7) is 2.80. The third-order valence-corrected chi connectivity index (χ3v) is 2.55. The summed E-state index contributed by atoms with van der Waals surface area (Å²) in [5.74, 6) is 1.05. The summed E-state index contributed by atoms with van der Waals surface area (Å²) in [6, 6.07) is 1.41. The molecule has 0 aromatic carbocycles. The first-order valence-corrected chi connectivity index (χ1v) is 5.32. The van der Waals surface area contributed by atoms with Gasteiger partial charge in [-0.2, -0.15) is 0 Å². The van der Waals surface area contributed by atoms with Crippen LogP contribution in [-0.2, 0) is 0 Å². The van der Waals surface area contributed by atoms with Crippen LogP contribution in [0.4, 0.5) is 10.6 Å². The molecule has 1 saturated heterocycles. The molecule has 1 atom stereocenters. The zero-order chi connectivity index (χ0) is 11.5. The molecular weight excluding hydrogens is 210 g/mol. The highest BCUT2D eigenvalue weighted by molar-refractivity contribution is 5.88. The Bertz CT molecular complexity index is 377. The number of nitrogens with one attached hydrogen (secondary N) is 1. The van der Waals surface area contributed by atoms with E-state index in [2.05, 4.69) is 10.5 Å². The fraction of sp³-hybridized carbons (Fsp3) is 0.600. The number of rotatable bonds is 1. The van der Waals surface area contributed by atoms with Crippen LogP contribution in [0.15, 0.2) is 10.6 Å². The van der Waals surface area contributed by atoms with Crippen LogP contribution in [0.5, 0.6) is 0 Å². The Kier molecular flexibility index (Phi) is 3.09. The second kappa shape index (κ2) is 4.52. The van der Waals surface area contributed by atoms with E-state index in [1.165, 1.54) is 0 Å². The lowest BCUT2D eigenvalue weighted by molar-refractivity contribution is 0.0883. The van der Waals surface area contributed by atoms with Crippen molar-refractivity contribution in [2.45, 2.75) is 25.9 Å². The highest BCUT2D eigenvalue weighted by Gasteiger charge is 2.22. The molecule has 1 aliphatic rings. The van der Waals surface area contributed by atoms with Crippen LogP contribution in [0.3, 0.4) is 0 Å². The van der Waals surface area contributed by atoms with Gasteiger partial charge in [-0.05, 0) is 19.8 Å². The SMILES string of the molecule is Cc1cc(NC(=O)N2CCC[C@@H](O)C2)no1. The van der Waals surface area contributed by atoms with Gasteiger partial charge in [0.05, 0.1) is 6.10 Å². The molecule has 6 heteroatoms. The number of carbonyl (C=O) groups is 1. The summed E-state index contributed by atoms with van der Waals surface area (Å²) >= 11 is 0. The number of aryl methyl sites for hydroxylation is 1. The number of hydrogen-bond donors (Lipinski definition) is 2. The number of carbonyl (C=O) groups excluding carboxylic acids is 1. The number of aromatic nitrogens is 1. The first-order valence-electron chi connectivity index (χ1n) is 5.32. The van der Waals surface area contributed by atoms with Crippen molar-refractivity contribution in [3.63, 3.8) is 0 Å². The van der Waals surface area contributed by atoms with Crippen molar-refractivity contribution in [3.05, 3.63) is 11.8 Å². The molecule has 16 heavy (non-hydrogen) atoms. The standard InChI is InChI=1S/C10H15N3O3/c1-7-5-9(12-16-7)11-10(15)13-4-2-3-8(14)6-13/h5,8,14H,2-4,6H2,1H3,(H,11,12,15)/t8-/m1/s1. The predicted octanol–water partition coefficient (Wildman–Crippen LogP) is 0.972. The number of β-amino-alcohol motifs (C(OH)–C–C–N with tert-alkyl or cyclic N) is 1. The van der Waals surface area contributed by atoms with Crippen LogP contribution in [0.25, 0.3) is 0 Å². The van der Waals surface area contributed by atoms with E-state index in [9.17, 15) is 9.90 Å². The molecule has 2 rings (SSSR count). The van der Waals surface area contributed by atoms with E-state index in [4.69, 9.17) is 4.52 Å². The number of anilines is 1. The van der Waals surface area contributed by atoms with Gasteiger partial charge >= 0.3 is 6.03 Å². The molecule has 1 aromatic rings. The Hall–Kier alpha value is -1.56. The molecule has 1 fully saturated rings. The van der Waals surface area contributed by atoms with Gasteiger partial charge in [-0.25, -0.2) is 4.79 Å². The van der Waals surface area contributed by atoms with Gasteiger partial charge in [-0.1, -0.05) is 5.16 Å². The van der Waals surface area contributed by atoms with E-state index in [0.29, 0.717) is 24.7 Å². The molecule has 0 radical (unpaired) electrons. The normalized spacial score (nSPS) is 20.9. The number of amides is 2. The molecule has 2 N–H and O–H groups in total. The van der Waals surface area contributed by atoms with Gasteiger partial charge in [0.25, 0.3) is 0 Å². The smallest absolute Gasteiger partial charge is 0.323 e. The number of nitrogens with zero attached hydrogens (tertiary/aromatic N) is 2. The van der Waals surface area contributed by atoms with Gasteiger partial charge in [-0.3, -0.25) is 5.32 Å². The summed E-state index contributed by atoms with van der Waals surface area (Å²) in [5, 5.41) is 15.7. The van der Waals surface area contributed by atoms with Crippen LogP contribution in [-0.4, -0.2) is 40.4 Å². The summed E-state index contributed by atoms with van der Waals surface area (Å²) < 4.78 is 4.84. The summed E-state index contributed by atoms with van der Waals surface area (Å²) in [7, 11) is 0. The third kappa shape index (κ3) is 2.52. The first kappa shape index (κ1) is 10.9. The summed E-state index contributed by atoms with van der Waals surface area (Å²) in [5.41, 5.74) is 0. The monoisotopic (exact) mass is 225 g/mol. The fourth-order valence-corrected chi connectivity index (χ4v) is 1.75.